The van der Waals surface area contributed by atoms with Gasteiger partial charge in [0.2, 0.25) is 5.91 Å². The maximum atomic E-state index is 12.6. The van der Waals surface area contributed by atoms with E-state index in [1.165, 1.54) is 10.9 Å². The zero-order chi connectivity index (χ0) is 22.3. The standard InChI is InChI=1S/C26H25N3O3/c1-19-8-7-12-22-25(19)28-18-29(26(22)31)16-14-24(30)27-15-17-32-23-13-6-5-11-21(23)20-9-3-2-4-10-20/h2-13,18H,14-17H2,1H3,(H,27,30). The molecule has 162 valence electrons. The van der Waals surface area contributed by atoms with Crippen LogP contribution < -0.4 is 15.6 Å². The number of aryl methyl sites for hydroxylation is 2. The van der Waals surface area contributed by atoms with E-state index in [0.717, 1.165) is 22.4 Å². The highest BCUT2D eigenvalue weighted by atomic mass is 16.5. The molecule has 0 saturated heterocycles. The van der Waals surface area contributed by atoms with Gasteiger partial charge in [-0.2, -0.15) is 0 Å². The number of rotatable bonds is 8. The van der Waals surface area contributed by atoms with Gasteiger partial charge in [0, 0.05) is 18.5 Å². The monoisotopic (exact) mass is 427 g/mol. The first-order valence-electron chi connectivity index (χ1n) is 10.6. The van der Waals surface area contributed by atoms with E-state index in [2.05, 4.69) is 10.3 Å². The highest BCUT2D eigenvalue weighted by Gasteiger charge is 2.09. The summed E-state index contributed by atoms with van der Waals surface area (Å²) in [6.07, 6.45) is 1.70. The van der Waals surface area contributed by atoms with E-state index < -0.39 is 0 Å². The van der Waals surface area contributed by atoms with Crippen molar-refractivity contribution in [3.8, 4) is 16.9 Å². The molecule has 0 aliphatic heterocycles. The van der Waals surface area contributed by atoms with E-state index in [4.69, 9.17) is 4.74 Å². The topological polar surface area (TPSA) is 73.2 Å². The molecule has 1 N–H and O–H groups in total. The Hall–Kier alpha value is -3.93. The van der Waals surface area contributed by atoms with Crippen LogP contribution in [0.2, 0.25) is 0 Å². The molecule has 3 aromatic carbocycles. The molecular formula is C26H25N3O3. The molecule has 1 aromatic heterocycles. The molecular weight excluding hydrogens is 402 g/mol. The molecule has 4 rings (SSSR count). The molecule has 32 heavy (non-hydrogen) atoms. The number of fused-ring (bicyclic) bond motifs is 1. The van der Waals surface area contributed by atoms with Crippen molar-refractivity contribution in [3.63, 3.8) is 0 Å². The molecule has 0 saturated carbocycles. The van der Waals surface area contributed by atoms with Gasteiger partial charge in [0.05, 0.1) is 23.8 Å². The number of hydrogen-bond acceptors (Lipinski definition) is 4. The fourth-order valence-electron chi connectivity index (χ4n) is 3.61. The molecule has 0 fully saturated rings. The van der Waals surface area contributed by atoms with Crippen molar-refractivity contribution < 1.29 is 9.53 Å². The van der Waals surface area contributed by atoms with E-state index >= 15 is 0 Å². The Morgan fingerprint density at radius 2 is 1.78 bits per heavy atom. The van der Waals surface area contributed by atoms with Crippen molar-refractivity contribution in [1.29, 1.82) is 0 Å². The largest absolute Gasteiger partial charge is 0.491 e. The minimum Gasteiger partial charge on any atom is -0.491 e. The predicted octanol–water partition coefficient (Wildman–Crippen LogP) is 3.96. The van der Waals surface area contributed by atoms with Crippen LogP contribution in [0.25, 0.3) is 22.0 Å². The minimum absolute atomic E-state index is 0.132. The van der Waals surface area contributed by atoms with Gasteiger partial charge in [-0.05, 0) is 30.2 Å². The first kappa shape index (κ1) is 21.3. The summed E-state index contributed by atoms with van der Waals surface area (Å²) in [5.74, 6) is 0.637. The highest BCUT2D eigenvalue weighted by molar-refractivity contribution is 5.80. The average molecular weight is 428 g/mol. The first-order valence-corrected chi connectivity index (χ1v) is 10.6. The van der Waals surface area contributed by atoms with Gasteiger partial charge in [-0.25, -0.2) is 4.98 Å². The molecule has 0 aliphatic rings. The molecule has 4 aromatic rings. The lowest BCUT2D eigenvalue weighted by molar-refractivity contribution is -0.121. The molecule has 0 bridgehead atoms. The molecule has 0 unspecified atom stereocenters. The number of aromatic nitrogens is 2. The summed E-state index contributed by atoms with van der Waals surface area (Å²) in [5.41, 5.74) is 3.62. The summed E-state index contributed by atoms with van der Waals surface area (Å²) in [6, 6.07) is 23.4. The van der Waals surface area contributed by atoms with Crippen LogP contribution in [-0.4, -0.2) is 28.6 Å². The summed E-state index contributed by atoms with van der Waals surface area (Å²) in [6.45, 7) is 2.94. The molecule has 1 amide bonds. The normalized spacial score (nSPS) is 10.8. The van der Waals surface area contributed by atoms with Gasteiger partial charge < -0.3 is 10.1 Å². The number of benzene rings is 3. The Bertz CT molecular complexity index is 1280. The maximum Gasteiger partial charge on any atom is 0.261 e. The molecule has 6 nitrogen and oxygen atoms in total. The van der Waals surface area contributed by atoms with Crippen molar-refractivity contribution in [2.75, 3.05) is 13.2 Å². The van der Waals surface area contributed by atoms with Gasteiger partial charge in [-0.1, -0.05) is 60.7 Å². The summed E-state index contributed by atoms with van der Waals surface area (Å²) in [4.78, 5) is 29.2. The number of para-hydroxylation sites is 2. The zero-order valence-corrected chi connectivity index (χ0v) is 18.0. The number of carbonyl (C=O) groups excluding carboxylic acids is 1. The van der Waals surface area contributed by atoms with Crippen molar-refractivity contribution >= 4 is 16.8 Å². The predicted molar refractivity (Wildman–Crippen MR) is 126 cm³/mol. The molecule has 0 atom stereocenters. The zero-order valence-electron chi connectivity index (χ0n) is 18.0. The van der Waals surface area contributed by atoms with Gasteiger partial charge in [0.1, 0.15) is 12.4 Å². The van der Waals surface area contributed by atoms with Crippen LogP contribution in [0.15, 0.2) is 83.9 Å². The Balaban J connectivity index is 1.29. The molecule has 0 spiro atoms. The van der Waals surface area contributed by atoms with Gasteiger partial charge in [0.15, 0.2) is 0 Å². The quantitative estimate of drug-likeness (QED) is 0.432. The van der Waals surface area contributed by atoms with Gasteiger partial charge >= 0.3 is 0 Å². The van der Waals surface area contributed by atoms with Crippen LogP contribution in [0.3, 0.4) is 0 Å². The van der Waals surface area contributed by atoms with Crippen LogP contribution in [0.4, 0.5) is 0 Å². The summed E-state index contributed by atoms with van der Waals surface area (Å²) in [7, 11) is 0. The number of amides is 1. The van der Waals surface area contributed by atoms with Crippen LogP contribution >= 0.6 is 0 Å². The summed E-state index contributed by atoms with van der Waals surface area (Å²) < 4.78 is 7.38. The van der Waals surface area contributed by atoms with Gasteiger partial charge in [-0.15, -0.1) is 0 Å². The smallest absolute Gasteiger partial charge is 0.261 e. The van der Waals surface area contributed by atoms with Gasteiger partial charge in [-0.3, -0.25) is 14.2 Å². The Morgan fingerprint density at radius 1 is 1.00 bits per heavy atom. The third-order valence-corrected chi connectivity index (χ3v) is 5.29. The van der Waals surface area contributed by atoms with Crippen LogP contribution in [-0.2, 0) is 11.3 Å². The Labute approximate surface area is 186 Å². The third kappa shape index (κ3) is 4.86. The minimum atomic E-state index is -0.138. The first-order chi connectivity index (χ1) is 15.6. The highest BCUT2D eigenvalue weighted by Crippen LogP contribution is 2.29. The van der Waals surface area contributed by atoms with Gasteiger partial charge in [0.25, 0.3) is 5.56 Å². The Morgan fingerprint density at radius 3 is 2.62 bits per heavy atom. The van der Waals surface area contributed by atoms with E-state index in [1.807, 2.05) is 73.7 Å². The number of ether oxygens (including phenoxy) is 1. The lowest BCUT2D eigenvalue weighted by Gasteiger charge is -2.12. The number of hydrogen-bond donors (Lipinski definition) is 1. The maximum absolute atomic E-state index is 12.6. The van der Waals surface area contributed by atoms with Crippen molar-refractivity contribution in [1.82, 2.24) is 14.9 Å². The number of nitrogens with one attached hydrogen (secondary N) is 1. The SMILES string of the molecule is Cc1cccc2c(=O)n(CCC(=O)NCCOc3ccccc3-c3ccccc3)cnc12. The van der Waals surface area contributed by atoms with Crippen molar-refractivity contribution in [2.24, 2.45) is 0 Å². The Kier molecular flexibility index (Phi) is 6.60. The molecule has 6 heteroatoms. The van der Waals surface area contributed by atoms with E-state index in [0.29, 0.717) is 24.1 Å². The van der Waals surface area contributed by atoms with E-state index in [1.54, 1.807) is 6.07 Å². The number of nitrogens with zero attached hydrogens (tertiary/aromatic N) is 2. The fourth-order valence-corrected chi connectivity index (χ4v) is 3.61. The molecule has 0 aliphatic carbocycles. The van der Waals surface area contributed by atoms with E-state index in [-0.39, 0.29) is 24.4 Å². The second kappa shape index (κ2) is 9.92. The van der Waals surface area contributed by atoms with Crippen LogP contribution in [0.5, 0.6) is 5.75 Å². The second-order valence-electron chi connectivity index (χ2n) is 7.52. The number of carbonyl (C=O) groups is 1. The van der Waals surface area contributed by atoms with E-state index in [9.17, 15) is 9.59 Å². The third-order valence-electron chi connectivity index (χ3n) is 5.29. The van der Waals surface area contributed by atoms with Crippen molar-refractivity contribution in [3.05, 3.63) is 95.0 Å². The van der Waals surface area contributed by atoms with Crippen LogP contribution in [0, 0.1) is 6.92 Å². The lowest BCUT2D eigenvalue weighted by atomic mass is 10.1. The summed E-state index contributed by atoms with van der Waals surface area (Å²) >= 11 is 0. The fraction of sp³-hybridized carbons (Fsp3) is 0.192. The average Bonchev–Trinajstić information content (AvgIpc) is 2.83. The molecule has 1 heterocycles. The summed E-state index contributed by atoms with van der Waals surface area (Å²) in [5, 5.41) is 3.42. The van der Waals surface area contributed by atoms with Crippen LogP contribution in [0.1, 0.15) is 12.0 Å². The van der Waals surface area contributed by atoms with Crippen molar-refractivity contribution in [2.45, 2.75) is 19.9 Å². The molecule has 0 radical (unpaired) electrons. The lowest BCUT2D eigenvalue weighted by Crippen LogP contribution is -2.30. The second-order valence-corrected chi connectivity index (χ2v) is 7.52.